The van der Waals surface area contributed by atoms with Gasteiger partial charge in [-0.05, 0) is 54.1 Å². The molecule has 1 saturated heterocycles. The zero-order valence-corrected chi connectivity index (χ0v) is 14.2. The highest BCUT2D eigenvalue weighted by molar-refractivity contribution is 8.15. The first kappa shape index (κ1) is 17.0. The lowest BCUT2D eigenvalue weighted by atomic mass is 10.1. The SMILES string of the molecule is Cc1cccc(N[C@@H]2SC(=O)N(Cc3ccc(C(=O)O)cc3)C2=O)c1. The average molecular weight is 356 g/mol. The van der Waals surface area contributed by atoms with E-state index in [0.717, 1.165) is 23.0 Å². The second-order valence-corrected chi connectivity index (χ2v) is 6.76. The minimum absolute atomic E-state index is 0.122. The fourth-order valence-corrected chi connectivity index (χ4v) is 3.41. The Morgan fingerprint density at radius 2 is 1.92 bits per heavy atom. The number of aromatic carboxylic acids is 1. The van der Waals surface area contributed by atoms with Crippen molar-refractivity contribution in [3.63, 3.8) is 0 Å². The van der Waals surface area contributed by atoms with Crippen LogP contribution in [0.15, 0.2) is 48.5 Å². The van der Waals surface area contributed by atoms with Crippen molar-refractivity contribution in [2.24, 2.45) is 0 Å². The number of carboxylic acids is 1. The molecule has 0 radical (unpaired) electrons. The van der Waals surface area contributed by atoms with Gasteiger partial charge in [-0.2, -0.15) is 0 Å². The van der Waals surface area contributed by atoms with Crippen molar-refractivity contribution in [1.82, 2.24) is 4.90 Å². The van der Waals surface area contributed by atoms with Crippen molar-refractivity contribution in [3.05, 3.63) is 65.2 Å². The monoisotopic (exact) mass is 356 g/mol. The number of rotatable bonds is 5. The predicted octanol–water partition coefficient (Wildman–Crippen LogP) is 3.33. The third kappa shape index (κ3) is 3.83. The molecule has 1 aliphatic rings. The van der Waals surface area contributed by atoms with Crippen molar-refractivity contribution in [2.75, 3.05) is 5.32 Å². The predicted molar refractivity (Wildman–Crippen MR) is 95.5 cm³/mol. The van der Waals surface area contributed by atoms with Crippen LogP contribution in [0.25, 0.3) is 0 Å². The summed E-state index contributed by atoms with van der Waals surface area (Å²) >= 11 is 0.942. The lowest BCUT2D eigenvalue weighted by Gasteiger charge is -2.15. The van der Waals surface area contributed by atoms with Crippen LogP contribution in [0.5, 0.6) is 0 Å². The Morgan fingerprint density at radius 1 is 1.20 bits per heavy atom. The molecule has 2 aromatic rings. The number of carbonyl (C=O) groups excluding carboxylic acids is 2. The van der Waals surface area contributed by atoms with Crippen molar-refractivity contribution in [3.8, 4) is 0 Å². The number of amides is 2. The van der Waals surface area contributed by atoms with E-state index in [-0.39, 0.29) is 23.3 Å². The van der Waals surface area contributed by atoms with E-state index < -0.39 is 11.3 Å². The Balaban J connectivity index is 1.69. The van der Waals surface area contributed by atoms with Crippen LogP contribution in [0.3, 0.4) is 0 Å². The summed E-state index contributed by atoms with van der Waals surface area (Å²) in [6.45, 7) is 2.07. The minimum Gasteiger partial charge on any atom is -0.478 e. The Bertz CT molecular complexity index is 835. The van der Waals surface area contributed by atoms with E-state index in [1.54, 1.807) is 12.1 Å². The van der Waals surface area contributed by atoms with Gasteiger partial charge in [-0.1, -0.05) is 24.3 Å². The summed E-state index contributed by atoms with van der Waals surface area (Å²) in [5.74, 6) is -1.32. The molecule has 25 heavy (non-hydrogen) atoms. The fourth-order valence-electron chi connectivity index (χ4n) is 2.50. The molecule has 7 heteroatoms. The summed E-state index contributed by atoms with van der Waals surface area (Å²) in [5.41, 5.74) is 2.70. The lowest BCUT2D eigenvalue weighted by Crippen LogP contribution is -2.33. The van der Waals surface area contributed by atoms with Crippen LogP contribution in [0, 0.1) is 6.92 Å². The Labute approximate surface area is 148 Å². The molecule has 3 rings (SSSR count). The molecule has 1 atom stereocenters. The third-order valence-electron chi connectivity index (χ3n) is 3.79. The summed E-state index contributed by atoms with van der Waals surface area (Å²) in [5, 5.41) is 11.0. The molecule has 0 saturated carbocycles. The summed E-state index contributed by atoms with van der Waals surface area (Å²) in [7, 11) is 0. The van der Waals surface area contributed by atoms with Crippen LogP contribution in [-0.2, 0) is 11.3 Å². The number of hydrogen-bond donors (Lipinski definition) is 2. The van der Waals surface area contributed by atoms with Crippen LogP contribution in [0.1, 0.15) is 21.5 Å². The molecular weight excluding hydrogens is 340 g/mol. The number of imide groups is 1. The van der Waals surface area contributed by atoms with E-state index in [4.69, 9.17) is 5.11 Å². The summed E-state index contributed by atoms with van der Waals surface area (Å²) in [6, 6.07) is 13.7. The fraction of sp³-hybridized carbons (Fsp3) is 0.167. The first-order valence-corrected chi connectivity index (χ1v) is 8.49. The molecule has 1 fully saturated rings. The van der Waals surface area contributed by atoms with Gasteiger partial charge in [0.05, 0.1) is 12.1 Å². The number of hydrogen-bond acceptors (Lipinski definition) is 5. The van der Waals surface area contributed by atoms with E-state index >= 15 is 0 Å². The van der Waals surface area contributed by atoms with Gasteiger partial charge in [-0.25, -0.2) is 4.79 Å². The van der Waals surface area contributed by atoms with Crippen LogP contribution in [0.2, 0.25) is 0 Å². The molecular formula is C18H16N2O4S. The standard InChI is InChI=1S/C18H16N2O4S/c1-11-3-2-4-14(9-11)19-15-16(21)20(18(24)25-15)10-12-5-7-13(8-6-12)17(22)23/h2-9,15,19H,10H2,1H3,(H,22,23)/t15-/m1/s1. The minimum atomic E-state index is -1.02. The summed E-state index contributed by atoms with van der Waals surface area (Å²) < 4.78 is 0. The number of nitrogens with one attached hydrogen (secondary N) is 1. The van der Waals surface area contributed by atoms with Gasteiger partial charge in [-0.15, -0.1) is 0 Å². The quantitative estimate of drug-likeness (QED) is 0.855. The highest BCUT2D eigenvalue weighted by Gasteiger charge is 2.39. The molecule has 1 heterocycles. The second-order valence-electron chi connectivity index (χ2n) is 5.70. The number of benzene rings is 2. The maximum atomic E-state index is 12.5. The Morgan fingerprint density at radius 3 is 2.56 bits per heavy atom. The van der Waals surface area contributed by atoms with Crippen molar-refractivity contribution in [1.29, 1.82) is 0 Å². The summed E-state index contributed by atoms with van der Waals surface area (Å²) in [4.78, 5) is 36.7. The zero-order chi connectivity index (χ0) is 18.0. The van der Waals surface area contributed by atoms with E-state index in [1.807, 2.05) is 31.2 Å². The number of carbonyl (C=O) groups is 3. The highest BCUT2D eigenvalue weighted by atomic mass is 32.2. The maximum absolute atomic E-state index is 12.5. The average Bonchev–Trinajstić information content (AvgIpc) is 2.83. The normalized spacial score (nSPS) is 17.0. The van der Waals surface area contributed by atoms with Gasteiger partial charge in [0.1, 0.15) is 0 Å². The van der Waals surface area contributed by atoms with Gasteiger partial charge in [0.15, 0.2) is 5.37 Å². The highest BCUT2D eigenvalue weighted by Crippen LogP contribution is 2.29. The van der Waals surface area contributed by atoms with Crippen LogP contribution in [-0.4, -0.2) is 32.5 Å². The number of anilines is 1. The molecule has 0 aromatic heterocycles. The Kier molecular flexibility index (Phi) is 4.76. The van der Waals surface area contributed by atoms with Gasteiger partial charge >= 0.3 is 5.97 Å². The Hall–Kier alpha value is -2.80. The molecule has 0 bridgehead atoms. The largest absolute Gasteiger partial charge is 0.478 e. The first-order chi connectivity index (χ1) is 11.9. The molecule has 0 unspecified atom stereocenters. The van der Waals surface area contributed by atoms with Crippen LogP contribution >= 0.6 is 11.8 Å². The second kappa shape index (κ2) is 6.98. The molecule has 2 amide bonds. The smallest absolute Gasteiger partial charge is 0.335 e. The van der Waals surface area contributed by atoms with Crippen molar-refractivity contribution >= 4 is 34.6 Å². The molecule has 1 aliphatic heterocycles. The third-order valence-corrected chi connectivity index (χ3v) is 4.76. The van der Waals surface area contributed by atoms with Crippen LogP contribution in [0.4, 0.5) is 10.5 Å². The van der Waals surface area contributed by atoms with E-state index in [0.29, 0.717) is 5.56 Å². The molecule has 6 nitrogen and oxygen atoms in total. The van der Waals surface area contributed by atoms with Gasteiger partial charge < -0.3 is 10.4 Å². The molecule has 0 aliphatic carbocycles. The zero-order valence-electron chi connectivity index (χ0n) is 13.4. The van der Waals surface area contributed by atoms with Gasteiger partial charge in [-0.3, -0.25) is 14.5 Å². The topological polar surface area (TPSA) is 86.7 Å². The van der Waals surface area contributed by atoms with Gasteiger partial charge in [0.2, 0.25) is 0 Å². The molecule has 128 valence electrons. The first-order valence-electron chi connectivity index (χ1n) is 7.61. The number of carboxylic acid groups (broad SMARTS) is 1. The lowest BCUT2D eigenvalue weighted by molar-refractivity contribution is -0.126. The van der Waals surface area contributed by atoms with Crippen LogP contribution < -0.4 is 5.32 Å². The van der Waals surface area contributed by atoms with Gasteiger partial charge in [0.25, 0.3) is 11.1 Å². The van der Waals surface area contributed by atoms with E-state index in [9.17, 15) is 14.4 Å². The van der Waals surface area contributed by atoms with Gasteiger partial charge in [0, 0.05) is 5.69 Å². The summed E-state index contributed by atoms with van der Waals surface area (Å²) in [6.07, 6.45) is 0. The maximum Gasteiger partial charge on any atom is 0.335 e. The number of thioether (sulfide) groups is 1. The van der Waals surface area contributed by atoms with Crippen molar-refractivity contribution < 1.29 is 19.5 Å². The molecule has 0 spiro atoms. The van der Waals surface area contributed by atoms with E-state index in [2.05, 4.69) is 5.32 Å². The van der Waals surface area contributed by atoms with Crippen molar-refractivity contribution in [2.45, 2.75) is 18.8 Å². The molecule has 2 aromatic carbocycles. The van der Waals surface area contributed by atoms with E-state index in [1.165, 1.54) is 17.0 Å². The molecule has 2 N–H and O–H groups in total. The number of aryl methyl sites for hydroxylation is 1. The number of nitrogens with zero attached hydrogens (tertiary/aromatic N) is 1.